The summed E-state index contributed by atoms with van der Waals surface area (Å²) in [5.74, 6) is -2.95. The first-order chi connectivity index (χ1) is 9.06. The lowest BCUT2D eigenvalue weighted by molar-refractivity contribution is -0.120. The van der Waals surface area contributed by atoms with Gasteiger partial charge in [-0.25, -0.2) is 8.78 Å². The van der Waals surface area contributed by atoms with E-state index in [0.717, 1.165) is 12.1 Å². The summed E-state index contributed by atoms with van der Waals surface area (Å²) in [7, 11) is 0. The molecule has 0 atom stereocenters. The summed E-state index contributed by atoms with van der Waals surface area (Å²) in [6.07, 6.45) is 0.190. The maximum atomic E-state index is 13.3. The molecule has 4 N–H and O–H groups in total. The van der Waals surface area contributed by atoms with Crippen LogP contribution in [0, 0.1) is 11.6 Å². The molecule has 0 aliphatic rings. The molecule has 0 bridgehead atoms. The molecule has 0 saturated carbocycles. The molecule has 5 nitrogen and oxygen atoms in total. The van der Waals surface area contributed by atoms with Gasteiger partial charge >= 0.3 is 0 Å². The summed E-state index contributed by atoms with van der Waals surface area (Å²) in [5.41, 5.74) is 4.55. The minimum Gasteiger partial charge on any atom is -0.354 e. The number of carbonyl (C=O) groups excluding carboxylic acids is 2. The largest absolute Gasteiger partial charge is 0.354 e. The van der Waals surface area contributed by atoms with Crippen LogP contribution in [0.1, 0.15) is 16.8 Å². The summed E-state index contributed by atoms with van der Waals surface area (Å²) >= 11 is 0. The minimum atomic E-state index is -0.926. The molecule has 0 unspecified atom stereocenters. The smallest absolute Gasteiger partial charge is 0.257 e. The fourth-order valence-electron chi connectivity index (χ4n) is 1.40. The van der Waals surface area contributed by atoms with Crippen molar-refractivity contribution in [1.29, 1.82) is 0 Å². The van der Waals surface area contributed by atoms with Gasteiger partial charge in [-0.2, -0.15) is 0 Å². The average molecular weight is 271 g/mol. The molecule has 0 saturated heterocycles. The maximum Gasteiger partial charge on any atom is 0.257 e. The number of amides is 2. The molecule has 0 aliphatic carbocycles. The van der Waals surface area contributed by atoms with E-state index in [4.69, 9.17) is 5.73 Å². The number of hydrogen-bond acceptors (Lipinski definition) is 3. The van der Waals surface area contributed by atoms with E-state index in [2.05, 4.69) is 10.6 Å². The SMILES string of the molecule is NCCC(=O)NCCNC(=O)c1c(F)cccc1F. The summed E-state index contributed by atoms with van der Waals surface area (Å²) in [5, 5.41) is 4.81. The molecule has 0 spiro atoms. The van der Waals surface area contributed by atoms with Crippen molar-refractivity contribution in [1.82, 2.24) is 10.6 Å². The topological polar surface area (TPSA) is 84.2 Å². The number of nitrogens with two attached hydrogens (primary N) is 1. The standard InChI is InChI=1S/C12H15F2N3O2/c13-8-2-1-3-9(14)11(8)12(19)17-7-6-16-10(18)4-5-15/h1-3H,4-7,15H2,(H,16,18)(H,17,19). The Balaban J connectivity index is 2.42. The van der Waals surface area contributed by atoms with Crippen molar-refractivity contribution in [3.8, 4) is 0 Å². The summed E-state index contributed by atoms with van der Waals surface area (Å²) in [4.78, 5) is 22.6. The van der Waals surface area contributed by atoms with Crippen molar-refractivity contribution in [2.45, 2.75) is 6.42 Å². The summed E-state index contributed by atoms with van der Waals surface area (Å²) < 4.78 is 26.5. The first-order valence-corrected chi connectivity index (χ1v) is 5.75. The Bertz CT molecular complexity index is 446. The normalized spacial score (nSPS) is 10.1. The van der Waals surface area contributed by atoms with Gasteiger partial charge in [0.25, 0.3) is 5.91 Å². The third-order valence-corrected chi connectivity index (χ3v) is 2.29. The van der Waals surface area contributed by atoms with Crippen molar-refractivity contribution >= 4 is 11.8 Å². The van der Waals surface area contributed by atoms with E-state index in [-0.39, 0.29) is 32.0 Å². The highest BCUT2D eigenvalue weighted by Crippen LogP contribution is 2.11. The quantitative estimate of drug-likeness (QED) is 0.644. The van der Waals surface area contributed by atoms with Gasteiger partial charge in [0.2, 0.25) is 5.91 Å². The highest BCUT2D eigenvalue weighted by atomic mass is 19.1. The van der Waals surface area contributed by atoms with Crippen molar-refractivity contribution < 1.29 is 18.4 Å². The molecule has 0 aromatic heterocycles. The Labute approximate surface area is 109 Å². The Kier molecular flexibility index (Phi) is 5.87. The zero-order chi connectivity index (χ0) is 14.3. The molecule has 1 rings (SSSR count). The first-order valence-electron chi connectivity index (χ1n) is 5.75. The summed E-state index contributed by atoms with van der Waals surface area (Å²) in [6, 6.07) is 3.18. The number of carbonyl (C=O) groups is 2. The lowest BCUT2D eigenvalue weighted by Gasteiger charge is -2.08. The van der Waals surface area contributed by atoms with E-state index >= 15 is 0 Å². The molecule has 2 amide bonds. The molecule has 7 heteroatoms. The zero-order valence-corrected chi connectivity index (χ0v) is 10.2. The van der Waals surface area contributed by atoms with E-state index in [9.17, 15) is 18.4 Å². The Morgan fingerprint density at radius 3 is 2.26 bits per heavy atom. The van der Waals surface area contributed by atoms with Gasteiger partial charge in [-0.1, -0.05) is 6.07 Å². The second-order valence-corrected chi connectivity index (χ2v) is 3.74. The first kappa shape index (κ1) is 15.0. The van der Waals surface area contributed by atoms with Gasteiger partial charge in [-0.05, 0) is 12.1 Å². The average Bonchev–Trinajstić information content (AvgIpc) is 2.35. The molecule has 0 radical (unpaired) electrons. The van der Waals surface area contributed by atoms with Crippen molar-refractivity contribution in [3.63, 3.8) is 0 Å². The van der Waals surface area contributed by atoms with Crippen LogP contribution in [0.25, 0.3) is 0 Å². The molecule has 0 aliphatic heterocycles. The maximum absolute atomic E-state index is 13.3. The fourth-order valence-corrected chi connectivity index (χ4v) is 1.40. The minimum absolute atomic E-state index is 0.0723. The van der Waals surface area contributed by atoms with Crippen LogP contribution in [0.15, 0.2) is 18.2 Å². The second kappa shape index (κ2) is 7.42. The Morgan fingerprint density at radius 1 is 1.11 bits per heavy atom. The van der Waals surface area contributed by atoms with Crippen LogP contribution >= 0.6 is 0 Å². The lowest BCUT2D eigenvalue weighted by Crippen LogP contribution is -2.35. The predicted octanol–water partition coefficient (Wildman–Crippen LogP) is 0.160. The van der Waals surface area contributed by atoms with Crippen LogP contribution in [-0.2, 0) is 4.79 Å². The highest BCUT2D eigenvalue weighted by Gasteiger charge is 2.16. The van der Waals surface area contributed by atoms with Crippen molar-refractivity contribution in [3.05, 3.63) is 35.4 Å². The van der Waals surface area contributed by atoms with Crippen LogP contribution in [-0.4, -0.2) is 31.4 Å². The predicted molar refractivity (Wildman–Crippen MR) is 65.4 cm³/mol. The zero-order valence-electron chi connectivity index (χ0n) is 10.2. The van der Waals surface area contributed by atoms with E-state index < -0.39 is 23.1 Å². The van der Waals surface area contributed by atoms with Crippen LogP contribution in [0.5, 0.6) is 0 Å². The van der Waals surface area contributed by atoms with Crippen LogP contribution < -0.4 is 16.4 Å². The molecule has 1 aromatic rings. The fraction of sp³-hybridized carbons (Fsp3) is 0.333. The van der Waals surface area contributed by atoms with Crippen LogP contribution in [0.2, 0.25) is 0 Å². The van der Waals surface area contributed by atoms with Gasteiger partial charge in [0.15, 0.2) is 0 Å². The van der Waals surface area contributed by atoms with Gasteiger partial charge in [0.05, 0.1) is 0 Å². The van der Waals surface area contributed by atoms with E-state index in [1.165, 1.54) is 6.07 Å². The van der Waals surface area contributed by atoms with Gasteiger partial charge in [-0.3, -0.25) is 9.59 Å². The number of rotatable bonds is 6. The molecule has 19 heavy (non-hydrogen) atoms. The van der Waals surface area contributed by atoms with Crippen LogP contribution in [0.4, 0.5) is 8.78 Å². The monoisotopic (exact) mass is 271 g/mol. The Morgan fingerprint density at radius 2 is 1.68 bits per heavy atom. The molecular weight excluding hydrogens is 256 g/mol. The van der Waals surface area contributed by atoms with E-state index in [1.54, 1.807) is 0 Å². The number of nitrogens with one attached hydrogen (secondary N) is 2. The van der Waals surface area contributed by atoms with Gasteiger partial charge < -0.3 is 16.4 Å². The second-order valence-electron chi connectivity index (χ2n) is 3.74. The van der Waals surface area contributed by atoms with Crippen LogP contribution in [0.3, 0.4) is 0 Å². The molecular formula is C12H15F2N3O2. The Hall–Kier alpha value is -2.02. The molecule has 104 valence electrons. The molecule has 1 aromatic carbocycles. The van der Waals surface area contributed by atoms with Gasteiger partial charge in [0.1, 0.15) is 17.2 Å². The van der Waals surface area contributed by atoms with E-state index in [1.807, 2.05) is 0 Å². The van der Waals surface area contributed by atoms with Gasteiger partial charge in [0, 0.05) is 26.1 Å². The number of halogens is 2. The van der Waals surface area contributed by atoms with Crippen molar-refractivity contribution in [2.24, 2.45) is 5.73 Å². The lowest BCUT2D eigenvalue weighted by atomic mass is 10.2. The van der Waals surface area contributed by atoms with Crippen molar-refractivity contribution in [2.75, 3.05) is 19.6 Å². The molecule has 0 fully saturated rings. The third kappa shape index (κ3) is 4.63. The molecule has 0 heterocycles. The van der Waals surface area contributed by atoms with Gasteiger partial charge in [-0.15, -0.1) is 0 Å². The summed E-state index contributed by atoms with van der Waals surface area (Å²) in [6.45, 7) is 0.474. The third-order valence-electron chi connectivity index (χ3n) is 2.29. The highest BCUT2D eigenvalue weighted by molar-refractivity contribution is 5.94. The van der Waals surface area contributed by atoms with E-state index in [0.29, 0.717) is 0 Å². The number of hydrogen-bond donors (Lipinski definition) is 3. The number of benzene rings is 1.